The van der Waals surface area contributed by atoms with E-state index in [-0.39, 0.29) is 24.1 Å². The number of carbonyl (C=O) groups is 1. The van der Waals surface area contributed by atoms with Gasteiger partial charge >= 0.3 is 5.97 Å². The highest BCUT2D eigenvalue weighted by Gasteiger charge is 2.38. The monoisotopic (exact) mass is 583 g/mol. The minimum absolute atomic E-state index is 0.128. The highest BCUT2D eigenvalue weighted by molar-refractivity contribution is 5.68. The lowest BCUT2D eigenvalue weighted by molar-refractivity contribution is -0.143. The van der Waals surface area contributed by atoms with Gasteiger partial charge in [0.1, 0.15) is 0 Å². The van der Waals surface area contributed by atoms with Crippen molar-refractivity contribution in [1.82, 2.24) is 16.0 Å². The molecule has 0 spiro atoms. The molecule has 1 aliphatic carbocycles. The van der Waals surface area contributed by atoms with Gasteiger partial charge in [-0.25, -0.2) is 0 Å². The number of rotatable bonds is 3. The molecule has 6 N–H and O–H groups in total. The molecule has 7 nitrogen and oxygen atoms in total. The van der Waals surface area contributed by atoms with Crippen LogP contribution in [0.1, 0.15) is 108 Å². The van der Waals surface area contributed by atoms with Crippen molar-refractivity contribution in [2.45, 2.75) is 146 Å². The smallest absolute Gasteiger partial charge is 0.306 e. The minimum Gasteiger partial charge on any atom is -0.481 e. The van der Waals surface area contributed by atoms with Crippen LogP contribution >= 0.6 is 0 Å². The van der Waals surface area contributed by atoms with Crippen LogP contribution in [-0.4, -0.2) is 69.7 Å². The molecule has 1 saturated carbocycles. The maximum Gasteiger partial charge on any atom is 0.306 e. The number of β-amino-alcohol motifs (C(OH)–C–C–N with tert-alkyl or cyclic N) is 1. The van der Waals surface area contributed by atoms with Crippen LogP contribution in [0, 0.1) is 17.8 Å². The van der Waals surface area contributed by atoms with Crippen molar-refractivity contribution in [2.24, 2.45) is 17.8 Å². The maximum absolute atomic E-state index is 11.7. The van der Waals surface area contributed by atoms with Gasteiger partial charge in [0, 0.05) is 30.2 Å². The zero-order valence-electron chi connectivity index (χ0n) is 26.1. The van der Waals surface area contributed by atoms with E-state index in [0.29, 0.717) is 42.8 Å². The predicted molar refractivity (Wildman–Crippen MR) is 168 cm³/mol. The highest BCUT2D eigenvalue weighted by atomic mass is 16.4. The summed E-state index contributed by atoms with van der Waals surface area (Å²) < 4.78 is 0. The summed E-state index contributed by atoms with van der Waals surface area (Å²) in [6, 6.07) is 10.3. The first-order valence-electron chi connectivity index (χ1n) is 17.0. The summed E-state index contributed by atoms with van der Waals surface area (Å²) in [6.07, 6.45) is 14.1. The van der Waals surface area contributed by atoms with Crippen molar-refractivity contribution >= 4 is 5.97 Å². The van der Waals surface area contributed by atoms with Crippen LogP contribution < -0.4 is 16.0 Å². The number of piperidine rings is 2. The van der Waals surface area contributed by atoms with Crippen molar-refractivity contribution in [3.05, 3.63) is 35.4 Å². The van der Waals surface area contributed by atoms with Crippen molar-refractivity contribution in [3.8, 4) is 0 Å². The standard InChI is InChI=1S/C35H57N3O4/c1-24-32(39)13-12-31(38-24)28-11-10-27-9-4-3-5-14-35(42,22-33(40)41)23-37-34(2)15-16-36-30(21-34)19-26-8-6-7-25(17-26)18-29(27)20-28/h6-8,17,24,27-32,36-39,42H,3-5,9-16,18-23H2,1-2H3,(H,40,41)/t24-,27-,28-,29-,30-,31+,32-,34-,35-/m1/s1. The van der Waals surface area contributed by atoms with Crippen molar-refractivity contribution in [1.29, 1.82) is 0 Å². The number of aliphatic hydroxyl groups excluding tert-OH is 1. The van der Waals surface area contributed by atoms with Crippen molar-refractivity contribution < 1.29 is 20.1 Å². The maximum atomic E-state index is 11.7. The average Bonchev–Trinajstić information content (AvgIpc) is 2.94. The molecular formula is C35H57N3O4. The average molecular weight is 584 g/mol. The predicted octanol–water partition coefficient (Wildman–Crippen LogP) is 4.58. The first-order chi connectivity index (χ1) is 20.1. The molecule has 3 fully saturated rings. The van der Waals surface area contributed by atoms with Crippen LogP contribution in [-0.2, 0) is 17.6 Å². The Hall–Kier alpha value is -1.51. The van der Waals surface area contributed by atoms with E-state index >= 15 is 0 Å². The molecule has 4 bridgehead atoms. The highest BCUT2D eigenvalue weighted by Crippen LogP contribution is 2.42. The van der Waals surface area contributed by atoms with E-state index in [0.717, 1.165) is 64.3 Å². The molecule has 236 valence electrons. The molecule has 42 heavy (non-hydrogen) atoms. The number of aliphatic hydroxyl groups is 2. The topological polar surface area (TPSA) is 114 Å². The Morgan fingerprint density at radius 1 is 0.976 bits per heavy atom. The first kappa shape index (κ1) is 31.9. The van der Waals surface area contributed by atoms with Crippen LogP contribution in [0.2, 0.25) is 0 Å². The summed E-state index contributed by atoms with van der Waals surface area (Å²) >= 11 is 0. The largest absolute Gasteiger partial charge is 0.481 e. The lowest BCUT2D eigenvalue weighted by atomic mass is 9.67. The van der Waals surface area contributed by atoms with Gasteiger partial charge in [-0.3, -0.25) is 4.79 Å². The molecule has 5 rings (SSSR count). The number of nitrogens with one attached hydrogen (secondary N) is 3. The Balaban J connectivity index is 1.33. The van der Waals surface area contributed by atoms with Crippen LogP contribution in [0.5, 0.6) is 0 Å². The Bertz CT molecular complexity index is 1040. The fraction of sp³-hybridized carbons (Fsp3) is 0.800. The molecule has 0 amide bonds. The lowest BCUT2D eigenvalue weighted by Crippen LogP contribution is -2.58. The van der Waals surface area contributed by atoms with Crippen LogP contribution in [0.3, 0.4) is 0 Å². The summed E-state index contributed by atoms with van der Waals surface area (Å²) in [4.78, 5) is 11.7. The molecule has 1 aromatic rings. The number of aliphatic carboxylic acids is 1. The number of carboxylic acid groups (broad SMARTS) is 1. The second kappa shape index (κ2) is 14.1. The summed E-state index contributed by atoms with van der Waals surface area (Å²) in [5.74, 6) is 1.11. The molecule has 1 aromatic carbocycles. The van der Waals surface area contributed by atoms with E-state index < -0.39 is 11.6 Å². The fourth-order valence-electron chi connectivity index (χ4n) is 8.84. The number of benzene rings is 1. The Labute approximate surface area is 253 Å². The van der Waals surface area contributed by atoms with Gasteiger partial charge in [-0.1, -0.05) is 49.9 Å². The molecule has 3 aliphatic heterocycles. The Morgan fingerprint density at radius 2 is 1.76 bits per heavy atom. The van der Waals surface area contributed by atoms with Gasteiger partial charge in [0.2, 0.25) is 0 Å². The molecule has 3 heterocycles. The summed E-state index contributed by atoms with van der Waals surface area (Å²) in [5.41, 5.74) is 1.52. The van der Waals surface area contributed by atoms with E-state index in [2.05, 4.69) is 54.1 Å². The van der Waals surface area contributed by atoms with Gasteiger partial charge in [0.25, 0.3) is 0 Å². The van der Waals surface area contributed by atoms with Gasteiger partial charge in [0.05, 0.1) is 18.1 Å². The normalized spacial score (nSPS) is 40.7. The Kier molecular flexibility index (Phi) is 10.7. The summed E-state index contributed by atoms with van der Waals surface area (Å²) in [7, 11) is 0. The van der Waals surface area contributed by atoms with E-state index in [1.165, 1.54) is 36.8 Å². The van der Waals surface area contributed by atoms with Crippen molar-refractivity contribution in [2.75, 3.05) is 13.1 Å². The quantitative estimate of drug-likeness (QED) is 0.309. The third-order valence-corrected chi connectivity index (χ3v) is 11.4. The molecule has 0 unspecified atom stereocenters. The lowest BCUT2D eigenvalue weighted by Gasteiger charge is -2.43. The molecule has 9 atom stereocenters. The van der Waals surface area contributed by atoms with E-state index in [1.807, 2.05) is 0 Å². The molecule has 4 aliphatic rings. The number of hydrogen-bond acceptors (Lipinski definition) is 6. The second-order valence-corrected chi connectivity index (χ2v) is 14.9. The zero-order valence-corrected chi connectivity index (χ0v) is 26.1. The van der Waals surface area contributed by atoms with Crippen molar-refractivity contribution in [3.63, 3.8) is 0 Å². The molecule has 2 saturated heterocycles. The molecule has 7 heteroatoms. The van der Waals surface area contributed by atoms with E-state index in [1.54, 1.807) is 0 Å². The van der Waals surface area contributed by atoms with E-state index in [4.69, 9.17) is 0 Å². The van der Waals surface area contributed by atoms with Crippen LogP contribution in [0.25, 0.3) is 0 Å². The number of fused-ring (bicyclic) bond motifs is 5. The van der Waals surface area contributed by atoms with Crippen LogP contribution in [0.15, 0.2) is 24.3 Å². The van der Waals surface area contributed by atoms with Gasteiger partial charge < -0.3 is 31.3 Å². The molecule has 0 aromatic heterocycles. The molecular weight excluding hydrogens is 526 g/mol. The van der Waals surface area contributed by atoms with Crippen LogP contribution in [0.4, 0.5) is 0 Å². The SMILES string of the molecule is C[C@H]1N[C@H]([C@@H]2CC[C@H]3CCCCC[C@@](O)(CC(=O)O)CN[C@]4(C)CCN[C@H](Cc5cccc(c5)C[C@@H]3C2)C4)CC[C@H]1O. The third-order valence-electron chi connectivity index (χ3n) is 11.4. The fourth-order valence-corrected chi connectivity index (χ4v) is 8.84. The minimum atomic E-state index is -1.21. The summed E-state index contributed by atoms with van der Waals surface area (Å²) in [5, 5.41) is 42.4. The summed E-state index contributed by atoms with van der Waals surface area (Å²) in [6.45, 7) is 5.61. The Morgan fingerprint density at radius 3 is 2.55 bits per heavy atom. The van der Waals surface area contributed by atoms with Gasteiger partial charge in [-0.15, -0.1) is 0 Å². The second-order valence-electron chi connectivity index (χ2n) is 14.9. The van der Waals surface area contributed by atoms with Gasteiger partial charge in [-0.2, -0.15) is 0 Å². The number of carboxylic acids is 1. The van der Waals surface area contributed by atoms with Gasteiger partial charge in [-0.05, 0) is 113 Å². The zero-order chi connectivity index (χ0) is 29.7. The number of hydrogen-bond donors (Lipinski definition) is 6. The molecule has 0 radical (unpaired) electrons. The third kappa shape index (κ3) is 8.56. The van der Waals surface area contributed by atoms with E-state index in [9.17, 15) is 20.1 Å². The van der Waals surface area contributed by atoms with Gasteiger partial charge in [0.15, 0.2) is 0 Å². The first-order valence-corrected chi connectivity index (χ1v) is 17.0.